The third-order valence-electron chi connectivity index (χ3n) is 4.06. The van der Waals surface area contributed by atoms with Gasteiger partial charge in [0.15, 0.2) is 0 Å². The summed E-state index contributed by atoms with van der Waals surface area (Å²) in [6.07, 6.45) is 4.22. The highest BCUT2D eigenvalue weighted by Crippen LogP contribution is 2.09. The summed E-state index contributed by atoms with van der Waals surface area (Å²) in [6.45, 7) is 6.62. The van der Waals surface area contributed by atoms with Gasteiger partial charge in [0, 0.05) is 33.1 Å². The fourth-order valence-corrected chi connectivity index (χ4v) is 2.47. The molecule has 1 rings (SSSR count). The summed E-state index contributed by atoms with van der Waals surface area (Å²) >= 11 is 0. The average Bonchev–Trinajstić information content (AvgIpc) is 2.95. The van der Waals surface area contributed by atoms with Gasteiger partial charge in [-0.15, -0.1) is 0 Å². The number of carbonyl (C=O) groups is 2. The number of amides is 2. The molecule has 0 aromatic carbocycles. The van der Waals surface area contributed by atoms with Crippen LogP contribution in [0.3, 0.4) is 0 Å². The SMILES string of the molecule is CC(CCNC(=O)N(C)CCN1CCCC1)CCC(=O)O. The zero-order valence-corrected chi connectivity index (χ0v) is 13.3. The van der Waals surface area contributed by atoms with E-state index in [0.29, 0.717) is 18.9 Å². The maximum atomic E-state index is 11.9. The van der Waals surface area contributed by atoms with Crippen LogP contribution in [0, 0.1) is 5.92 Å². The Hall–Kier alpha value is -1.30. The lowest BCUT2D eigenvalue weighted by Gasteiger charge is -2.22. The molecule has 1 aliphatic heterocycles. The summed E-state index contributed by atoms with van der Waals surface area (Å²) in [5.41, 5.74) is 0. The van der Waals surface area contributed by atoms with Crippen LogP contribution in [-0.4, -0.2) is 66.7 Å². The molecule has 122 valence electrons. The highest BCUT2D eigenvalue weighted by molar-refractivity contribution is 5.73. The van der Waals surface area contributed by atoms with E-state index in [2.05, 4.69) is 10.2 Å². The minimum atomic E-state index is -0.757. The van der Waals surface area contributed by atoms with Gasteiger partial charge in [-0.25, -0.2) is 4.79 Å². The second-order valence-corrected chi connectivity index (χ2v) is 6.03. The molecule has 6 heteroatoms. The summed E-state index contributed by atoms with van der Waals surface area (Å²) in [5, 5.41) is 11.5. The van der Waals surface area contributed by atoms with Gasteiger partial charge in [0.25, 0.3) is 0 Å². The summed E-state index contributed by atoms with van der Waals surface area (Å²) in [6, 6.07) is -0.0420. The molecule has 1 aliphatic rings. The smallest absolute Gasteiger partial charge is 0.317 e. The minimum Gasteiger partial charge on any atom is -0.481 e. The first-order chi connectivity index (χ1) is 9.99. The maximum absolute atomic E-state index is 11.9. The molecule has 1 atom stereocenters. The number of likely N-dealkylation sites (N-methyl/N-ethyl adjacent to an activating group) is 1. The van der Waals surface area contributed by atoms with Crippen LogP contribution in [0.15, 0.2) is 0 Å². The standard InChI is InChI=1S/C15H29N3O3/c1-13(5-6-14(19)20)7-8-16-15(21)17(2)11-12-18-9-3-4-10-18/h13H,3-12H2,1-2H3,(H,16,21)(H,19,20). The summed E-state index contributed by atoms with van der Waals surface area (Å²) < 4.78 is 0. The number of nitrogens with zero attached hydrogens (tertiary/aromatic N) is 2. The zero-order chi connectivity index (χ0) is 15.7. The second-order valence-electron chi connectivity index (χ2n) is 6.03. The van der Waals surface area contributed by atoms with Gasteiger partial charge in [-0.05, 0) is 44.7 Å². The lowest BCUT2D eigenvalue weighted by Crippen LogP contribution is -2.41. The molecule has 0 aliphatic carbocycles. The Morgan fingerprint density at radius 1 is 1.29 bits per heavy atom. The number of rotatable bonds is 9. The van der Waals surface area contributed by atoms with Crippen molar-refractivity contribution in [2.24, 2.45) is 5.92 Å². The number of carboxylic acids is 1. The highest BCUT2D eigenvalue weighted by Gasteiger charge is 2.14. The van der Waals surface area contributed by atoms with Gasteiger partial charge in [0.1, 0.15) is 0 Å². The number of urea groups is 1. The molecular formula is C15H29N3O3. The molecule has 1 saturated heterocycles. The Balaban J connectivity index is 2.07. The van der Waals surface area contributed by atoms with E-state index in [-0.39, 0.29) is 12.5 Å². The predicted molar refractivity (Wildman–Crippen MR) is 82.4 cm³/mol. The van der Waals surface area contributed by atoms with E-state index >= 15 is 0 Å². The summed E-state index contributed by atoms with van der Waals surface area (Å²) in [4.78, 5) is 26.5. The Morgan fingerprint density at radius 2 is 1.95 bits per heavy atom. The van der Waals surface area contributed by atoms with Gasteiger partial charge >= 0.3 is 12.0 Å². The van der Waals surface area contributed by atoms with Crippen molar-refractivity contribution in [2.45, 2.75) is 39.0 Å². The summed E-state index contributed by atoms with van der Waals surface area (Å²) in [7, 11) is 1.82. The van der Waals surface area contributed by atoms with Crippen LogP contribution in [-0.2, 0) is 4.79 Å². The molecule has 0 saturated carbocycles. The van der Waals surface area contributed by atoms with Crippen LogP contribution >= 0.6 is 0 Å². The molecule has 21 heavy (non-hydrogen) atoms. The highest BCUT2D eigenvalue weighted by atomic mass is 16.4. The lowest BCUT2D eigenvalue weighted by molar-refractivity contribution is -0.137. The molecule has 2 amide bonds. The number of aliphatic carboxylic acids is 1. The van der Waals surface area contributed by atoms with Crippen molar-refractivity contribution in [1.82, 2.24) is 15.1 Å². The molecule has 0 radical (unpaired) electrons. The average molecular weight is 299 g/mol. The van der Waals surface area contributed by atoms with Crippen molar-refractivity contribution >= 4 is 12.0 Å². The van der Waals surface area contributed by atoms with Crippen molar-refractivity contribution in [3.8, 4) is 0 Å². The maximum Gasteiger partial charge on any atom is 0.317 e. The van der Waals surface area contributed by atoms with Crippen LogP contribution in [0.4, 0.5) is 4.79 Å². The largest absolute Gasteiger partial charge is 0.481 e. The first kappa shape index (κ1) is 17.8. The van der Waals surface area contributed by atoms with Crippen molar-refractivity contribution in [1.29, 1.82) is 0 Å². The predicted octanol–water partition coefficient (Wildman–Crippen LogP) is 1.61. The monoisotopic (exact) mass is 299 g/mol. The molecule has 1 unspecified atom stereocenters. The Morgan fingerprint density at radius 3 is 2.57 bits per heavy atom. The number of nitrogens with one attached hydrogen (secondary N) is 1. The van der Waals surface area contributed by atoms with Gasteiger partial charge in [-0.2, -0.15) is 0 Å². The van der Waals surface area contributed by atoms with Crippen LogP contribution in [0.5, 0.6) is 0 Å². The molecule has 0 bridgehead atoms. The van der Waals surface area contributed by atoms with Gasteiger partial charge in [-0.1, -0.05) is 6.92 Å². The summed E-state index contributed by atoms with van der Waals surface area (Å²) in [5.74, 6) is -0.441. The molecule has 0 spiro atoms. The van der Waals surface area contributed by atoms with Gasteiger partial charge in [-0.3, -0.25) is 4.79 Å². The Bertz CT molecular complexity index is 330. The Labute approximate surface area is 127 Å². The number of hydrogen-bond donors (Lipinski definition) is 2. The fourth-order valence-electron chi connectivity index (χ4n) is 2.47. The van der Waals surface area contributed by atoms with Crippen LogP contribution in [0.25, 0.3) is 0 Å². The molecule has 0 aromatic heterocycles. The fraction of sp³-hybridized carbons (Fsp3) is 0.867. The van der Waals surface area contributed by atoms with Crippen molar-refractivity contribution in [3.63, 3.8) is 0 Å². The van der Waals surface area contributed by atoms with E-state index < -0.39 is 5.97 Å². The number of carboxylic acid groups (broad SMARTS) is 1. The lowest BCUT2D eigenvalue weighted by atomic mass is 10.0. The number of hydrogen-bond acceptors (Lipinski definition) is 3. The van der Waals surface area contributed by atoms with E-state index in [1.54, 1.807) is 4.90 Å². The van der Waals surface area contributed by atoms with Gasteiger partial charge < -0.3 is 20.2 Å². The van der Waals surface area contributed by atoms with Crippen LogP contribution in [0.2, 0.25) is 0 Å². The first-order valence-electron chi connectivity index (χ1n) is 7.92. The Kier molecular flexibility index (Phi) is 8.12. The van der Waals surface area contributed by atoms with E-state index in [1.807, 2.05) is 14.0 Å². The van der Waals surface area contributed by atoms with Crippen LogP contribution in [0.1, 0.15) is 39.0 Å². The second kappa shape index (κ2) is 9.60. The third kappa shape index (κ3) is 7.90. The van der Waals surface area contributed by atoms with Gasteiger partial charge in [0.05, 0.1) is 0 Å². The first-order valence-corrected chi connectivity index (χ1v) is 7.92. The van der Waals surface area contributed by atoms with E-state index in [0.717, 1.165) is 32.6 Å². The normalized spacial score (nSPS) is 16.7. The molecule has 6 nitrogen and oxygen atoms in total. The molecule has 1 heterocycles. The zero-order valence-electron chi connectivity index (χ0n) is 13.3. The molecule has 0 aromatic rings. The minimum absolute atomic E-state index is 0.0420. The van der Waals surface area contributed by atoms with Crippen molar-refractivity contribution < 1.29 is 14.7 Å². The molecular weight excluding hydrogens is 270 g/mol. The molecule has 1 fully saturated rings. The van der Waals surface area contributed by atoms with E-state index in [1.165, 1.54) is 12.8 Å². The number of likely N-dealkylation sites (tertiary alicyclic amines) is 1. The number of carbonyl (C=O) groups excluding carboxylic acids is 1. The quantitative estimate of drug-likeness (QED) is 0.678. The van der Waals surface area contributed by atoms with Crippen molar-refractivity contribution in [2.75, 3.05) is 39.8 Å². The van der Waals surface area contributed by atoms with Crippen molar-refractivity contribution in [3.05, 3.63) is 0 Å². The van der Waals surface area contributed by atoms with E-state index in [4.69, 9.17) is 5.11 Å². The van der Waals surface area contributed by atoms with Gasteiger partial charge in [0.2, 0.25) is 0 Å². The topological polar surface area (TPSA) is 72.9 Å². The van der Waals surface area contributed by atoms with E-state index in [9.17, 15) is 9.59 Å². The van der Waals surface area contributed by atoms with Crippen LogP contribution < -0.4 is 5.32 Å². The molecule has 2 N–H and O–H groups in total. The third-order valence-corrected chi connectivity index (χ3v) is 4.06.